The van der Waals surface area contributed by atoms with Gasteiger partial charge >= 0.3 is 5.97 Å². The van der Waals surface area contributed by atoms with Crippen LogP contribution in [0.25, 0.3) is 11.4 Å². The first-order valence-corrected chi connectivity index (χ1v) is 6.80. The first-order valence-electron chi connectivity index (χ1n) is 5.81. The van der Waals surface area contributed by atoms with Crippen molar-refractivity contribution in [1.82, 2.24) is 14.8 Å². The second-order valence-electron chi connectivity index (χ2n) is 4.29. The van der Waals surface area contributed by atoms with Crippen LogP contribution in [0.5, 0.6) is 0 Å². The molecule has 6 heteroatoms. The minimum Gasteiger partial charge on any atom is -0.481 e. The summed E-state index contributed by atoms with van der Waals surface area (Å²) >= 11 is 1.17. The number of carboxylic acids is 1. The Labute approximate surface area is 115 Å². The quantitative estimate of drug-likeness (QED) is 0.868. The van der Waals surface area contributed by atoms with Gasteiger partial charge in [-0.15, -0.1) is 0 Å². The van der Waals surface area contributed by atoms with Gasteiger partial charge in [0.05, 0.1) is 5.75 Å². The van der Waals surface area contributed by atoms with Crippen molar-refractivity contribution in [2.45, 2.75) is 19.0 Å². The SMILES string of the molecule is Cc1cccc(C)c1-c1nc(SCC(=O)O)n(C)n1. The maximum Gasteiger partial charge on any atom is 0.313 e. The molecule has 0 unspecified atom stereocenters. The Hall–Kier alpha value is -1.82. The zero-order valence-electron chi connectivity index (χ0n) is 11.0. The van der Waals surface area contributed by atoms with E-state index in [0.717, 1.165) is 16.7 Å². The van der Waals surface area contributed by atoms with Crippen LogP contribution in [0.1, 0.15) is 11.1 Å². The molecule has 0 aliphatic heterocycles. The average molecular weight is 277 g/mol. The summed E-state index contributed by atoms with van der Waals surface area (Å²) in [5, 5.41) is 13.7. The molecule has 0 bridgehead atoms. The normalized spacial score (nSPS) is 10.7. The van der Waals surface area contributed by atoms with E-state index in [2.05, 4.69) is 10.1 Å². The Kier molecular flexibility index (Phi) is 3.90. The molecule has 0 saturated carbocycles. The van der Waals surface area contributed by atoms with Crippen molar-refractivity contribution in [2.75, 3.05) is 5.75 Å². The summed E-state index contributed by atoms with van der Waals surface area (Å²) in [7, 11) is 1.77. The van der Waals surface area contributed by atoms with Gasteiger partial charge in [-0.25, -0.2) is 9.67 Å². The van der Waals surface area contributed by atoms with Crippen molar-refractivity contribution < 1.29 is 9.90 Å². The number of aliphatic carboxylic acids is 1. The molecular formula is C13H15N3O2S. The summed E-state index contributed by atoms with van der Waals surface area (Å²) in [5.74, 6) is -0.230. The lowest BCUT2D eigenvalue weighted by atomic mass is 10.0. The summed E-state index contributed by atoms with van der Waals surface area (Å²) < 4.78 is 1.62. The Morgan fingerprint density at radius 2 is 2.00 bits per heavy atom. The number of hydrogen-bond donors (Lipinski definition) is 1. The molecule has 2 rings (SSSR count). The number of hydrogen-bond acceptors (Lipinski definition) is 4. The number of thioether (sulfide) groups is 1. The molecular weight excluding hydrogens is 262 g/mol. The van der Waals surface area contributed by atoms with E-state index in [9.17, 15) is 4.79 Å². The molecule has 0 saturated heterocycles. The number of benzene rings is 1. The Morgan fingerprint density at radius 1 is 1.37 bits per heavy atom. The largest absolute Gasteiger partial charge is 0.481 e. The number of nitrogens with zero attached hydrogens (tertiary/aromatic N) is 3. The van der Waals surface area contributed by atoms with Crippen molar-refractivity contribution in [1.29, 1.82) is 0 Å². The molecule has 0 aliphatic carbocycles. The lowest BCUT2D eigenvalue weighted by Crippen LogP contribution is -2.00. The van der Waals surface area contributed by atoms with Crippen LogP contribution in [0.4, 0.5) is 0 Å². The number of carbonyl (C=O) groups is 1. The Balaban J connectivity index is 2.36. The molecule has 0 radical (unpaired) electrons. The van der Waals surface area contributed by atoms with Crippen LogP contribution < -0.4 is 0 Å². The maximum absolute atomic E-state index is 10.6. The van der Waals surface area contributed by atoms with Crippen LogP contribution in [-0.4, -0.2) is 31.6 Å². The third kappa shape index (κ3) is 2.96. The molecule has 1 N–H and O–H groups in total. The Morgan fingerprint density at radius 3 is 2.58 bits per heavy atom. The van der Waals surface area contributed by atoms with Gasteiger partial charge in [0.15, 0.2) is 11.0 Å². The van der Waals surface area contributed by atoms with Crippen LogP contribution in [-0.2, 0) is 11.8 Å². The summed E-state index contributed by atoms with van der Waals surface area (Å²) in [6.45, 7) is 4.03. The van der Waals surface area contributed by atoms with E-state index >= 15 is 0 Å². The fourth-order valence-corrected chi connectivity index (χ4v) is 2.53. The maximum atomic E-state index is 10.6. The lowest BCUT2D eigenvalue weighted by molar-refractivity contribution is -0.133. The summed E-state index contributed by atoms with van der Waals surface area (Å²) in [5.41, 5.74) is 3.24. The zero-order valence-corrected chi connectivity index (χ0v) is 11.9. The number of aromatic nitrogens is 3. The summed E-state index contributed by atoms with van der Waals surface area (Å²) in [4.78, 5) is 15.0. The van der Waals surface area contributed by atoms with Gasteiger partial charge in [-0.3, -0.25) is 4.79 Å². The first-order chi connectivity index (χ1) is 8.99. The van der Waals surface area contributed by atoms with Crippen LogP contribution in [0, 0.1) is 13.8 Å². The van der Waals surface area contributed by atoms with Crippen molar-refractivity contribution >= 4 is 17.7 Å². The fraction of sp³-hybridized carbons (Fsp3) is 0.308. The number of aryl methyl sites for hydroxylation is 3. The molecule has 1 aromatic carbocycles. The first kappa shape index (κ1) is 13.6. The molecule has 0 aliphatic rings. The minimum absolute atomic E-state index is 0.0152. The topological polar surface area (TPSA) is 68.0 Å². The molecule has 0 spiro atoms. The highest BCUT2D eigenvalue weighted by molar-refractivity contribution is 7.99. The van der Waals surface area contributed by atoms with E-state index in [1.807, 2.05) is 32.0 Å². The van der Waals surface area contributed by atoms with Crippen LogP contribution in [0.2, 0.25) is 0 Å². The number of carboxylic acid groups (broad SMARTS) is 1. The molecule has 0 fully saturated rings. The zero-order chi connectivity index (χ0) is 14.0. The van der Waals surface area contributed by atoms with Gasteiger partial charge in [-0.05, 0) is 25.0 Å². The molecule has 1 aromatic heterocycles. The van der Waals surface area contributed by atoms with Gasteiger partial charge < -0.3 is 5.11 Å². The summed E-state index contributed by atoms with van der Waals surface area (Å²) in [6.07, 6.45) is 0. The third-order valence-corrected chi connectivity index (χ3v) is 3.76. The second-order valence-corrected chi connectivity index (χ2v) is 5.23. The molecule has 19 heavy (non-hydrogen) atoms. The van der Waals surface area contributed by atoms with E-state index in [0.29, 0.717) is 11.0 Å². The highest BCUT2D eigenvalue weighted by atomic mass is 32.2. The lowest BCUT2D eigenvalue weighted by Gasteiger charge is -2.04. The molecule has 0 atom stereocenters. The minimum atomic E-state index is -0.860. The van der Waals surface area contributed by atoms with Crippen molar-refractivity contribution in [2.24, 2.45) is 7.05 Å². The van der Waals surface area contributed by atoms with Crippen molar-refractivity contribution in [3.05, 3.63) is 29.3 Å². The van der Waals surface area contributed by atoms with Gasteiger partial charge in [0.2, 0.25) is 0 Å². The van der Waals surface area contributed by atoms with E-state index < -0.39 is 5.97 Å². The molecule has 5 nitrogen and oxygen atoms in total. The van der Waals surface area contributed by atoms with E-state index in [1.165, 1.54) is 11.8 Å². The predicted octanol–water partition coefficient (Wildman–Crippen LogP) is 2.28. The predicted molar refractivity (Wildman–Crippen MR) is 74.3 cm³/mol. The van der Waals surface area contributed by atoms with Gasteiger partial charge in [0.1, 0.15) is 0 Å². The highest BCUT2D eigenvalue weighted by Crippen LogP contribution is 2.26. The van der Waals surface area contributed by atoms with Gasteiger partial charge in [0, 0.05) is 12.6 Å². The molecule has 2 aromatic rings. The molecule has 1 heterocycles. The van der Waals surface area contributed by atoms with E-state index in [1.54, 1.807) is 11.7 Å². The number of rotatable bonds is 4. The van der Waals surface area contributed by atoms with Gasteiger partial charge in [-0.1, -0.05) is 30.0 Å². The van der Waals surface area contributed by atoms with E-state index in [4.69, 9.17) is 5.11 Å². The molecule has 0 amide bonds. The van der Waals surface area contributed by atoms with Crippen LogP contribution >= 0.6 is 11.8 Å². The van der Waals surface area contributed by atoms with Gasteiger partial charge in [-0.2, -0.15) is 5.10 Å². The van der Waals surface area contributed by atoms with Crippen molar-refractivity contribution in [3.63, 3.8) is 0 Å². The van der Waals surface area contributed by atoms with Crippen LogP contribution in [0.15, 0.2) is 23.4 Å². The smallest absolute Gasteiger partial charge is 0.313 e. The average Bonchev–Trinajstić information content (AvgIpc) is 2.67. The third-order valence-electron chi connectivity index (χ3n) is 2.75. The van der Waals surface area contributed by atoms with Crippen molar-refractivity contribution in [3.8, 4) is 11.4 Å². The standard InChI is InChI=1S/C13H15N3O2S/c1-8-5-4-6-9(2)11(8)12-14-13(16(3)15-12)19-7-10(17)18/h4-6H,7H2,1-3H3,(H,17,18). The van der Waals surface area contributed by atoms with E-state index in [-0.39, 0.29) is 5.75 Å². The highest BCUT2D eigenvalue weighted by Gasteiger charge is 2.14. The van der Waals surface area contributed by atoms with Gasteiger partial charge in [0.25, 0.3) is 0 Å². The Bertz CT molecular complexity index is 602. The monoisotopic (exact) mass is 277 g/mol. The fourth-order valence-electron chi connectivity index (χ4n) is 1.90. The second kappa shape index (κ2) is 5.44. The molecule has 100 valence electrons. The summed E-state index contributed by atoms with van der Waals surface area (Å²) in [6, 6.07) is 6.03. The van der Waals surface area contributed by atoms with Crippen LogP contribution in [0.3, 0.4) is 0 Å².